The van der Waals surface area contributed by atoms with Crippen molar-refractivity contribution in [1.82, 2.24) is 4.57 Å². The molecule has 4 rings (SSSR count). The predicted molar refractivity (Wildman–Crippen MR) is 113 cm³/mol. The van der Waals surface area contributed by atoms with Crippen LogP contribution >= 0.6 is 34.2 Å². The van der Waals surface area contributed by atoms with Crippen LogP contribution in [0.15, 0.2) is 59.4 Å². The smallest absolute Gasteiger partial charge is 0.363 e. The van der Waals surface area contributed by atoms with Crippen molar-refractivity contribution in [2.75, 3.05) is 0 Å². The average Bonchev–Trinajstić information content (AvgIpc) is 3.19. The van der Waals surface area contributed by atoms with Crippen LogP contribution in [0.1, 0.15) is 22.8 Å². The lowest BCUT2D eigenvalue weighted by molar-refractivity contribution is -0.129. The summed E-state index contributed by atoms with van der Waals surface area (Å²) in [7, 11) is 0. The molecule has 5 nitrogen and oxygen atoms in total. The largest absolute Gasteiger partial charge is 0.402 e. The number of aliphatic imine (C=N–C) groups is 1. The van der Waals surface area contributed by atoms with E-state index in [1.54, 1.807) is 29.0 Å². The Balaban J connectivity index is 1.82. The van der Waals surface area contributed by atoms with Crippen LogP contribution in [0.5, 0.6) is 0 Å². The number of ether oxygens (including phenoxy) is 1. The number of cyclic esters (lactones) is 1. The maximum Gasteiger partial charge on any atom is 0.363 e. The molecular formula is C20H12ClIN2O3. The predicted octanol–water partition coefficient (Wildman–Crippen LogP) is 4.90. The quantitative estimate of drug-likeness (QED) is 0.292. The van der Waals surface area contributed by atoms with Crippen molar-refractivity contribution in [2.24, 2.45) is 4.99 Å². The number of hydrogen-bond acceptors (Lipinski definition) is 4. The van der Waals surface area contributed by atoms with Gasteiger partial charge in [0.15, 0.2) is 5.70 Å². The van der Waals surface area contributed by atoms with Crippen LogP contribution in [0, 0.1) is 3.57 Å². The number of rotatable bonds is 2. The third-order valence-corrected chi connectivity index (χ3v) is 5.15. The molecular weight excluding hydrogens is 479 g/mol. The highest BCUT2D eigenvalue weighted by Gasteiger charge is 2.26. The zero-order valence-electron chi connectivity index (χ0n) is 14.1. The standard InChI is InChI=1S/C20H12ClIN2O3/c1-11(25)24-10-12(14-4-2-3-5-18(14)24)8-17-20(26)27-19(23-17)15-9-13(22)6-7-16(15)21/h2-10H,1H3/b17-8-. The second-order valence-corrected chi connectivity index (χ2v) is 7.60. The van der Waals surface area contributed by atoms with E-state index in [2.05, 4.69) is 27.6 Å². The van der Waals surface area contributed by atoms with Gasteiger partial charge in [0.2, 0.25) is 11.8 Å². The molecule has 0 aliphatic carbocycles. The van der Waals surface area contributed by atoms with Gasteiger partial charge in [0.25, 0.3) is 0 Å². The van der Waals surface area contributed by atoms with Crippen molar-refractivity contribution in [1.29, 1.82) is 0 Å². The van der Waals surface area contributed by atoms with Gasteiger partial charge in [0, 0.05) is 27.6 Å². The molecule has 2 heterocycles. The van der Waals surface area contributed by atoms with E-state index in [-0.39, 0.29) is 17.5 Å². The summed E-state index contributed by atoms with van der Waals surface area (Å²) in [5, 5.41) is 1.31. The number of halogens is 2. The maximum absolute atomic E-state index is 12.3. The first-order chi connectivity index (χ1) is 12.9. The first-order valence-corrected chi connectivity index (χ1v) is 9.49. The number of esters is 1. The zero-order chi connectivity index (χ0) is 19.1. The Labute approximate surface area is 173 Å². The van der Waals surface area contributed by atoms with Gasteiger partial charge in [-0.05, 0) is 52.9 Å². The number of benzene rings is 2. The highest BCUT2D eigenvalue weighted by molar-refractivity contribution is 14.1. The minimum Gasteiger partial charge on any atom is -0.402 e. The maximum atomic E-state index is 12.3. The molecule has 2 aromatic carbocycles. The molecule has 0 unspecified atom stereocenters. The Morgan fingerprint density at radius 2 is 2.04 bits per heavy atom. The minimum atomic E-state index is -0.556. The topological polar surface area (TPSA) is 60.7 Å². The molecule has 3 aromatic rings. The molecule has 0 radical (unpaired) electrons. The summed E-state index contributed by atoms with van der Waals surface area (Å²) in [5.74, 6) is -0.496. The normalized spacial score (nSPS) is 15.3. The van der Waals surface area contributed by atoms with Crippen LogP contribution in [0.2, 0.25) is 5.02 Å². The Morgan fingerprint density at radius 1 is 1.26 bits per heavy atom. The van der Waals surface area contributed by atoms with Gasteiger partial charge in [-0.1, -0.05) is 29.8 Å². The van der Waals surface area contributed by atoms with Crippen LogP contribution in [-0.4, -0.2) is 22.3 Å². The molecule has 27 heavy (non-hydrogen) atoms. The molecule has 1 aromatic heterocycles. The summed E-state index contributed by atoms with van der Waals surface area (Å²) in [6.07, 6.45) is 3.32. The molecule has 7 heteroatoms. The Kier molecular flexibility index (Phi) is 4.61. The van der Waals surface area contributed by atoms with Crippen LogP contribution in [0.4, 0.5) is 0 Å². The lowest BCUT2D eigenvalue weighted by Gasteiger charge is -2.02. The highest BCUT2D eigenvalue weighted by atomic mass is 127. The van der Waals surface area contributed by atoms with E-state index in [1.807, 2.05) is 30.3 Å². The van der Waals surface area contributed by atoms with Crippen LogP contribution < -0.4 is 0 Å². The molecule has 0 saturated carbocycles. The molecule has 0 saturated heterocycles. The van der Waals surface area contributed by atoms with Gasteiger partial charge < -0.3 is 4.74 Å². The first kappa shape index (κ1) is 17.9. The summed E-state index contributed by atoms with van der Waals surface area (Å²) < 4.78 is 7.81. The van der Waals surface area contributed by atoms with E-state index < -0.39 is 5.97 Å². The van der Waals surface area contributed by atoms with Gasteiger partial charge in [0.05, 0.1) is 16.1 Å². The second-order valence-electron chi connectivity index (χ2n) is 5.95. The monoisotopic (exact) mass is 490 g/mol. The Bertz CT molecular complexity index is 1180. The van der Waals surface area contributed by atoms with E-state index in [4.69, 9.17) is 16.3 Å². The Hall–Kier alpha value is -2.45. The molecule has 1 aliphatic heterocycles. The Morgan fingerprint density at radius 3 is 2.81 bits per heavy atom. The highest BCUT2D eigenvalue weighted by Crippen LogP contribution is 2.28. The molecule has 134 valence electrons. The number of aromatic nitrogens is 1. The van der Waals surface area contributed by atoms with Crippen molar-refractivity contribution in [3.63, 3.8) is 0 Å². The third-order valence-electron chi connectivity index (χ3n) is 4.15. The van der Waals surface area contributed by atoms with Gasteiger partial charge in [-0.3, -0.25) is 9.36 Å². The number of para-hydroxylation sites is 1. The summed E-state index contributed by atoms with van der Waals surface area (Å²) in [5.41, 5.74) is 2.21. The minimum absolute atomic E-state index is 0.111. The van der Waals surface area contributed by atoms with Crippen LogP contribution in [0.3, 0.4) is 0 Å². The van der Waals surface area contributed by atoms with Gasteiger partial charge in [0.1, 0.15) is 0 Å². The molecule has 1 aliphatic rings. The molecule has 0 atom stereocenters. The van der Waals surface area contributed by atoms with Gasteiger partial charge in [-0.15, -0.1) is 0 Å². The number of carbonyl (C=O) groups is 2. The van der Waals surface area contributed by atoms with Gasteiger partial charge in [-0.25, -0.2) is 9.79 Å². The average molecular weight is 491 g/mol. The summed E-state index contributed by atoms with van der Waals surface area (Å²) >= 11 is 8.36. The number of carbonyl (C=O) groups excluding carboxylic acids is 2. The van der Waals surface area contributed by atoms with Crippen molar-refractivity contribution in [3.05, 3.63) is 74.1 Å². The zero-order valence-corrected chi connectivity index (χ0v) is 17.0. The summed E-state index contributed by atoms with van der Waals surface area (Å²) in [6.45, 7) is 1.49. The molecule has 0 amide bonds. The second kappa shape index (κ2) is 6.94. The fourth-order valence-corrected chi connectivity index (χ4v) is 3.60. The number of nitrogens with zero attached hydrogens (tertiary/aromatic N) is 2. The molecule has 0 fully saturated rings. The van der Waals surface area contributed by atoms with E-state index in [9.17, 15) is 9.59 Å². The van der Waals surface area contributed by atoms with E-state index in [1.165, 1.54) is 6.92 Å². The van der Waals surface area contributed by atoms with Crippen LogP contribution in [-0.2, 0) is 9.53 Å². The number of hydrogen-bond donors (Lipinski definition) is 0. The number of fused-ring (bicyclic) bond motifs is 1. The lowest BCUT2D eigenvalue weighted by Crippen LogP contribution is -2.06. The summed E-state index contributed by atoms with van der Waals surface area (Å²) in [4.78, 5) is 28.5. The lowest BCUT2D eigenvalue weighted by atomic mass is 10.1. The third kappa shape index (κ3) is 3.30. The SMILES string of the molecule is CC(=O)n1cc(/C=C2\N=C(c3cc(I)ccc3Cl)OC2=O)c2ccccc21. The van der Waals surface area contributed by atoms with E-state index in [0.717, 1.165) is 14.5 Å². The van der Waals surface area contributed by atoms with E-state index >= 15 is 0 Å². The van der Waals surface area contributed by atoms with Crippen molar-refractivity contribution in [3.8, 4) is 0 Å². The van der Waals surface area contributed by atoms with Gasteiger partial charge >= 0.3 is 5.97 Å². The molecule has 0 N–H and O–H groups in total. The summed E-state index contributed by atoms with van der Waals surface area (Å²) in [6, 6.07) is 12.9. The first-order valence-electron chi connectivity index (χ1n) is 8.03. The van der Waals surface area contributed by atoms with Crippen molar-refractivity contribution < 1.29 is 14.3 Å². The van der Waals surface area contributed by atoms with Crippen molar-refractivity contribution >= 4 is 68.9 Å². The van der Waals surface area contributed by atoms with Crippen LogP contribution in [0.25, 0.3) is 17.0 Å². The fraction of sp³-hybridized carbons (Fsp3) is 0.0500. The molecule has 0 spiro atoms. The molecule has 0 bridgehead atoms. The van der Waals surface area contributed by atoms with E-state index in [0.29, 0.717) is 16.1 Å². The van der Waals surface area contributed by atoms with Gasteiger partial charge in [-0.2, -0.15) is 0 Å². The fourth-order valence-electron chi connectivity index (χ4n) is 2.91. The van der Waals surface area contributed by atoms with Crippen molar-refractivity contribution in [2.45, 2.75) is 6.92 Å².